The zero-order chi connectivity index (χ0) is 19.6. The monoisotopic (exact) mass is 384 g/mol. The molecule has 27 heavy (non-hydrogen) atoms. The zero-order valence-electron chi connectivity index (χ0n) is 15.9. The molecule has 0 bridgehead atoms. The number of hydrogen-bond donors (Lipinski definition) is 4. The largest absolute Gasteiger partial charge is 0.494 e. The molecular formula is C20H32O7. The topological polar surface area (TPSA) is 109 Å². The second kappa shape index (κ2) is 11.5. The number of unbranched alkanes of at least 4 members (excludes halogenated alkanes) is 5. The Balaban J connectivity index is 1.76. The predicted octanol–water partition coefficient (Wildman–Crippen LogP) is 1.60. The van der Waals surface area contributed by atoms with Gasteiger partial charge in [-0.05, 0) is 30.7 Å². The van der Waals surface area contributed by atoms with Crippen LogP contribution in [0.25, 0.3) is 0 Å². The van der Waals surface area contributed by atoms with Crippen LogP contribution in [0, 0.1) is 0 Å². The number of ether oxygens (including phenoxy) is 3. The van der Waals surface area contributed by atoms with Crippen molar-refractivity contribution in [2.24, 2.45) is 0 Å². The number of benzene rings is 1. The molecule has 7 heteroatoms. The summed E-state index contributed by atoms with van der Waals surface area (Å²) in [7, 11) is 0. The zero-order valence-corrected chi connectivity index (χ0v) is 15.9. The third-order valence-corrected chi connectivity index (χ3v) is 4.69. The lowest BCUT2D eigenvalue weighted by Gasteiger charge is -2.39. The Morgan fingerprint density at radius 3 is 2.15 bits per heavy atom. The van der Waals surface area contributed by atoms with E-state index in [1.54, 1.807) is 24.3 Å². The van der Waals surface area contributed by atoms with E-state index in [0.29, 0.717) is 12.4 Å². The molecule has 1 aliphatic heterocycles. The van der Waals surface area contributed by atoms with Crippen molar-refractivity contribution in [2.75, 3.05) is 13.2 Å². The Morgan fingerprint density at radius 2 is 1.48 bits per heavy atom. The highest BCUT2D eigenvalue weighted by atomic mass is 16.7. The molecular weight excluding hydrogens is 352 g/mol. The maximum Gasteiger partial charge on any atom is 0.229 e. The van der Waals surface area contributed by atoms with Crippen molar-refractivity contribution in [3.05, 3.63) is 24.3 Å². The van der Waals surface area contributed by atoms with Gasteiger partial charge < -0.3 is 34.6 Å². The molecule has 0 aromatic heterocycles. The number of hydrogen-bond acceptors (Lipinski definition) is 7. The number of aliphatic hydroxyl groups excluding tert-OH is 4. The van der Waals surface area contributed by atoms with Gasteiger partial charge in [0.2, 0.25) is 6.29 Å². The Kier molecular flexibility index (Phi) is 9.30. The van der Waals surface area contributed by atoms with Gasteiger partial charge in [0.1, 0.15) is 35.9 Å². The van der Waals surface area contributed by atoms with Crippen LogP contribution in [0.2, 0.25) is 0 Å². The summed E-state index contributed by atoms with van der Waals surface area (Å²) in [6.07, 6.45) is 0.776. The Hall–Kier alpha value is -1.38. The highest BCUT2D eigenvalue weighted by Crippen LogP contribution is 2.25. The summed E-state index contributed by atoms with van der Waals surface area (Å²) in [6.45, 7) is 2.38. The second-order valence-corrected chi connectivity index (χ2v) is 6.90. The molecule has 1 saturated heterocycles. The van der Waals surface area contributed by atoms with Crippen molar-refractivity contribution in [3.8, 4) is 11.5 Å². The molecule has 0 unspecified atom stereocenters. The summed E-state index contributed by atoms with van der Waals surface area (Å²) >= 11 is 0. The number of rotatable bonds is 11. The van der Waals surface area contributed by atoms with Crippen LogP contribution in [0.5, 0.6) is 11.5 Å². The van der Waals surface area contributed by atoms with Crippen LogP contribution in [-0.2, 0) is 4.74 Å². The van der Waals surface area contributed by atoms with Crippen molar-refractivity contribution < 1.29 is 34.6 Å². The lowest BCUT2D eigenvalue weighted by atomic mass is 9.99. The molecule has 2 rings (SSSR count). The number of aliphatic hydroxyl groups is 4. The Labute approximate surface area is 160 Å². The van der Waals surface area contributed by atoms with Crippen LogP contribution < -0.4 is 9.47 Å². The molecule has 0 amide bonds. The van der Waals surface area contributed by atoms with Gasteiger partial charge >= 0.3 is 0 Å². The van der Waals surface area contributed by atoms with E-state index in [1.807, 2.05) is 0 Å². The van der Waals surface area contributed by atoms with Gasteiger partial charge in [0.25, 0.3) is 0 Å². The molecule has 1 heterocycles. The minimum atomic E-state index is -1.46. The molecule has 4 N–H and O–H groups in total. The third-order valence-electron chi connectivity index (χ3n) is 4.69. The molecule has 154 valence electrons. The fourth-order valence-corrected chi connectivity index (χ4v) is 2.99. The first kappa shape index (κ1) is 21.9. The smallest absolute Gasteiger partial charge is 0.229 e. The van der Waals surface area contributed by atoms with Gasteiger partial charge in [-0.3, -0.25) is 0 Å². The van der Waals surface area contributed by atoms with E-state index in [-0.39, 0.29) is 0 Å². The fraction of sp³-hybridized carbons (Fsp3) is 0.700. The molecule has 1 aromatic rings. The van der Waals surface area contributed by atoms with Gasteiger partial charge in [-0.25, -0.2) is 0 Å². The Morgan fingerprint density at radius 1 is 0.852 bits per heavy atom. The third kappa shape index (κ3) is 6.62. The van der Waals surface area contributed by atoms with Crippen LogP contribution in [0.1, 0.15) is 45.4 Å². The van der Waals surface area contributed by atoms with Gasteiger partial charge in [0.05, 0.1) is 13.2 Å². The first-order valence-electron chi connectivity index (χ1n) is 9.76. The second-order valence-electron chi connectivity index (χ2n) is 6.90. The molecule has 5 atom stereocenters. The molecule has 0 aliphatic carbocycles. The molecule has 1 aromatic carbocycles. The molecule has 7 nitrogen and oxygen atoms in total. The lowest BCUT2D eigenvalue weighted by molar-refractivity contribution is -0.277. The molecule has 0 radical (unpaired) electrons. The van der Waals surface area contributed by atoms with Gasteiger partial charge in [-0.1, -0.05) is 39.0 Å². The average molecular weight is 384 g/mol. The summed E-state index contributed by atoms with van der Waals surface area (Å²) in [5, 5.41) is 38.8. The summed E-state index contributed by atoms with van der Waals surface area (Å²) in [5.41, 5.74) is 0. The molecule has 1 aliphatic rings. The highest BCUT2D eigenvalue weighted by Gasteiger charge is 2.44. The van der Waals surface area contributed by atoms with Crippen molar-refractivity contribution in [1.29, 1.82) is 0 Å². The van der Waals surface area contributed by atoms with Gasteiger partial charge in [0, 0.05) is 0 Å². The normalized spacial score (nSPS) is 28.1. The van der Waals surface area contributed by atoms with Crippen molar-refractivity contribution in [1.82, 2.24) is 0 Å². The lowest BCUT2D eigenvalue weighted by Crippen LogP contribution is -2.60. The summed E-state index contributed by atoms with van der Waals surface area (Å²) in [4.78, 5) is 0. The van der Waals surface area contributed by atoms with Crippen molar-refractivity contribution >= 4 is 0 Å². The van der Waals surface area contributed by atoms with Crippen LogP contribution in [0.15, 0.2) is 24.3 Å². The van der Waals surface area contributed by atoms with E-state index < -0.39 is 37.3 Å². The first-order valence-corrected chi connectivity index (χ1v) is 9.76. The SMILES string of the molecule is CCCCCCCCOc1ccc(O[C@@H]2O[C@H](CO)[C@@H](O)[C@H](O)[C@H]2O)cc1. The maximum atomic E-state index is 9.99. The van der Waals surface area contributed by atoms with E-state index in [9.17, 15) is 20.4 Å². The minimum absolute atomic E-state index is 0.422. The molecule has 1 fully saturated rings. The predicted molar refractivity (Wildman–Crippen MR) is 99.7 cm³/mol. The van der Waals surface area contributed by atoms with Crippen LogP contribution >= 0.6 is 0 Å². The van der Waals surface area contributed by atoms with E-state index in [2.05, 4.69) is 6.92 Å². The van der Waals surface area contributed by atoms with E-state index in [4.69, 9.17) is 14.2 Å². The minimum Gasteiger partial charge on any atom is -0.494 e. The van der Waals surface area contributed by atoms with Gasteiger partial charge in [0.15, 0.2) is 0 Å². The van der Waals surface area contributed by atoms with Gasteiger partial charge in [-0.15, -0.1) is 0 Å². The van der Waals surface area contributed by atoms with Crippen LogP contribution in [0.3, 0.4) is 0 Å². The quantitative estimate of drug-likeness (QED) is 0.429. The van der Waals surface area contributed by atoms with E-state index in [0.717, 1.165) is 18.6 Å². The van der Waals surface area contributed by atoms with E-state index in [1.165, 1.54) is 25.7 Å². The van der Waals surface area contributed by atoms with E-state index >= 15 is 0 Å². The van der Waals surface area contributed by atoms with Crippen LogP contribution in [0.4, 0.5) is 0 Å². The summed E-state index contributed by atoms with van der Waals surface area (Å²) < 4.78 is 16.6. The molecule has 0 spiro atoms. The maximum absolute atomic E-state index is 9.99. The fourth-order valence-electron chi connectivity index (χ4n) is 2.99. The van der Waals surface area contributed by atoms with Crippen molar-refractivity contribution in [2.45, 2.75) is 76.2 Å². The van der Waals surface area contributed by atoms with Gasteiger partial charge in [-0.2, -0.15) is 0 Å². The average Bonchev–Trinajstić information content (AvgIpc) is 2.69. The van der Waals surface area contributed by atoms with Crippen LogP contribution in [-0.4, -0.2) is 64.3 Å². The highest BCUT2D eigenvalue weighted by molar-refractivity contribution is 5.31. The Bertz CT molecular complexity index is 520. The summed E-state index contributed by atoms with van der Waals surface area (Å²) in [5.74, 6) is 1.15. The van der Waals surface area contributed by atoms with Crippen molar-refractivity contribution in [3.63, 3.8) is 0 Å². The molecule has 0 saturated carbocycles. The summed E-state index contributed by atoms with van der Waals surface area (Å²) in [6, 6.07) is 6.88. The first-order chi connectivity index (χ1) is 13.1. The standard InChI is InChI=1S/C20H32O7/c1-2-3-4-5-6-7-12-25-14-8-10-15(11-9-14)26-20-19(24)18(23)17(22)16(13-21)27-20/h8-11,16-24H,2-7,12-13H2,1H3/t16-,17-,18+,19-,20-/m1/s1.